The molecule has 2 aromatic carbocycles. The average molecular weight is 343 g/mol. The topological polar surface area (TPSA) is 45.9 Å². The van der Waals surface area contributed by atoms with Crippen LogP contribution in [0.2, 0.25) is 5.02 Å². The number of nitrogens with zero attached hydrogens (tertiary/aromatic N) is 2. The third-order valence-corrected chi connectivity index (χ3v) is 3.47. The molecule has 0 aliphatic carbocycles. The van der Waals surface area contributed by atoms with Gasteiger partial charge in [-0.2, -0.15) is 5.26 Å². The van der Waals surface area contributed by atoms with Crippen molar-refractivity contribution in [2.75, 3.05) is 0 Å². The van der Waals surface area contributed by atoms with Crippen molar-refractivity contribution in [2.24, 2.45) is 0 Å². The Morgan fingerprint density at radius 2 is 1.75 bits per heavy atom. The van der Waals surface area contributed by atoms with Crippen molar-refractivity contribution in [3.8, 4) is 29.0 Å². The second-order valence-corrected chi connectivity index (χ2v) is 5.28. The zero-order chi connectivity index (χ0) is 17.1. The second-order valence-electron chi connectivity index (χ2n) is 4.84. The van der Waals surface area contributed by atoms with Crippen LogP contribution >= 0.6 is 11.6 Å². The van der Waals surface area contributed by atoms with Crippen molar-refractivity contribution in [1.29, 1.82) is 5.26 Å². The van der Waals surface area contributed by atoms with Gasteiger partial charge < -0.3 is 4.74 Å². The summed E-state index contributed by atoms with van der Waals surface area (Å²) in [4.78, 5) is 4.25. The van der Waals surface area contributed by atoms with E-state index in [1.54, 1.807) is 30.3 Å². The first-order valence-corrected chi connectivity index (χ1v) is 7.24. The monoisotopic (exact) mass is 342 g/mol. The molecule has 0 spiro atoms. The third-order valence-electron chi connectivity index (χ3n) is 3.22. The van der Waals surface area contributed by atoms with E-state index in [0.29, 0.717) is 16.8 Å². The first-order valence-electron chi connectivity index (χ1n) is 6.87. The molecule has 0 amide bonds. The van der Waals surface area contributed by atoms with Gasteiger partial charge in [0.15, 0.2) is 11.6 Å². The average Bonchev–Trinajstić information content (AvgIpc) is 2.58. The van der Waals surface area contributed by atoms with Crippen LogP contribution < -0.4 is 4.74 Å². The number of halogens is 3. The van der Waals surface area contributed by atoms with E-state index < -0.39 is 11.6 Å². The van der Waals surface area contributed by atoms with E-state index in [1.165, 1.54) is 6.07 Å². The molecule has 1 aromatic heterocycles. The second kappa shape index (κ2) is 6.65. The lowest BCUT2D eigenvalue weighted by atomic mass is 10.1. The fraction of sp³-hybridized carbons (Fsp3) is 0. The standard InChI is InChI=1S/C18H9ClF2N2O/c19-13-4-1-11(2-5-13)16-7-3-12(10-22)18(23-16)24-17-8-6-14(20)9-15(17)21/h1-9H. The molecule has 0 aliphatic rings. The van der Waals surface area contributed by atoms with Crippen molar-refractivity contribution >= 4 is 11.6 Å². The first-order chi connectivity index (χ1) is 11.6. The minimum atomic E-state index is -0.877. The molecule has 0 N–H and O–H groups in total. The molecule has 1 heterocycles. The highest BCUT2D eigenvalue weighted by Gasteiger charge is 2.13. The number of hydrogen-bond donors (Lipinski definition) is 0. The number of rotatable bonds is 3. The van der Waals surface area contributed by atoms with Crippen molar-refractivity contribution < 1.29 is 13.5 Å². The predicted octanol–water partition coefficient (Wildman–Crippen LogP) is 5.34. The Morgan fingerprint density at radius 1 is 1.00 bits per heavy atom. The molecule has 0 unspecified atom stereocenters. The zero-order valence-corrected chi connectivity index (χ0v) is 12.9. The predicted molar refractivity (Wildman–Crippen MR) is 85.8 cm³/mol. The van der Waals surface area contributed by atoms with Gasteiger partial charge in [-0.1, -0.05) is 23.7 Å². The van der Waals surface area contributed by atoms with Crippen LogP contribution in [0.5, 0.6) is 11.6 Å². The molecule has 24 heavy (non-hydrogen) atoms. The number of hydrogen-bond acceptors (Lipinski definition) is 3. The maximum Gasteiger partial charge on any atom is 0.237 e. The van der Waals surface area contributed by atoms with Gasteiger partial charge in [-0.25, -0.2) is 13.8 Å². The van der Waals surface area contributed by atoms with E-state index in [9.17, 15) is 8.78 Å². The maximum atomic E-state index is 13.7. The van der Waals surface area contributed by atoms with Crippen LogP contribution in [-0.2, 0) is 0 Å². The van der Waals surface area contributed by atoms with E-state index >= 15 is 0 Å². The summed E-state index contributed by atoms with van der Waals surface area (Å²) in [6.45, 7) is 0. The molecule has 6 heteroatoms. The Bertz CT molecular complexity index is 937. The van der Waals surface area contributed by atoms with Gasteiger partial charge in [0.05, 0.1) is 5.69 Å². The molecular weight excluding hydrogens is 334 g/mol. The van der Waals surface area contributed by atoms with E-state index in [1.807, 2.05) is 6.07 Å². The van der Waals surface area contributed by atoms with Gasteiger partial charge in [0.25, 0.3) is 0 Å². The molecule has 0 fully saturated rings. The Balaban J connectivity index is 2.01. The quantitative estimate of drug-likeness (QED) is 0.645. The van der Waals surface area contributed by atoms with Gasteiger partial charge in [0.1, 0.15) is 17.4 Å². The van der Waals surface area contributed by atoms with Gasteiger partial charge >= 0.3 is 0 Å². The highest BCUT2D eigenvalue weighted by atomic mass is 35.5. The molecule has 0 aliphatic heterocycles. The summed E-state index contributed by atoms with van der Waals surface area (Å²) < 4.78 is 32.1. The van der Waals surface area contributed by atoms with Crippen LogP contribution in [0.25, 0.3) is 11.3 Å². The lowest BCUT2D eigenvalue weighted by Gasteiger charge is -2.09. The lowest BCUT2D eigenvalue weighted by molar-refractivity contribution is 0.423. The number of aromatic nitrogens is 1. The maximum absolute atomic E-state index is 13.7. The fourth-order valence-electron chi connectivity index (χ4n) is 2.05. The van der Waals surface area contributed by atoms with Crippen LogP contribution in [0.4, 0.5) is 8.78 Å². The Kier molecular flexibility index (Phi) is 4.41. The number of pyridine rings is 1. The summed E-state index contributed by atoms with van der Waals surface area (Å²) in [6.07, 6.45) is 0. The van der Waals surface area contributed by atoms with E-state index in [-0.39, 0.29) is 17.2 Å². The van der Waals surface area contributed by atoms with E-state index in [2.05, 4.69) is 4.98 Å². The minimum Gasteiger partial charge on any atom is -0.435 e. The Morgan fingerprint density at radius 3 is 2.42 bits per heavy atom. The smallest absolute Gasteiger partial charge is 0.237 e. The summed E-state index contributed by atoms with van der Waals surface area (Å²) in [5.41, 5.74) is 1.42. The van der Waals surface area contributed by atoms with Crippen molar-refractivity contribution in [3.05, 3.63) is 76.8 Å². The lowest BCUT2D eigenvalue weighted by Crippen LogP contribution is -1.96. The van der Waals surface area contributed by atoms with Crippen molar-refractivity contribution in [2.45, 2.75) is 0 Å². The van der Waals surface area contributed by atoms with Gasteiger partial charge in [0.2, 0.25) is 5.88 Å². The fourth-order valence-corrected chi connectivity index (χ4v) is 2.17. The highest BCUT2D eigenvalue weighted by Crippen LogP contribution is 2.29. The Labute approximate surface area is 141 Å². The summed E-state index contributed by atoms with van der Waals surface area (Å²) in [5.74, 6) is -1.87. The SMILES string of the molecule is N#Cc1ccc(-c2ccc(Cl)cc2)nc1Oc1ccc(F)cc1F. The van der Waals surface area contributed by atoms with Gasteiger partial charge in [-0.05, 0) is 36.4 Å². The van der Waals surface area contributed by atoms with Crippen LogP contribution in [0.1, 0.15) is 5.56 Å². The summed E-state index contributed by atoms with van der Waals surface area (Å²) >= 11 is 5.86. The first kappa shape index (κ1) is 15.9. The van der Waals surface area contributed by atoms with Gasteiger partial charge in [-0.15, -0.1) is 0 Å². The molecule has 3 nitrogen and oxygen atoms in total. The highest BCUT2D eigenvalue weighted by molar-refractivity contribution is 6.30. The zero-order valence-electron chi connectivity index (χ0n) is 12.1. The van der Waals surface area contributed by atoms with Gasteiger partial charge in [-0.3, -0.25) is 0 Å². The van der Waals surface area contributed by atoms with Crippen molar-refractivity contribution in [1.82, 2.24) is 4.98 Å². The molecule has 118 valence electrons. The number of nitriles is 1. The van der Waals surface area contributed by atoms with E-state index in [0.717, 1.165) is 17.7 Å². The van der Waals surface area contributed by atoms with Crippen LogP contribution in [0.3, 0.4) is 0 Å². The molecule has 0 saturated carbocycles. The number of benzene rings is 2. The summed E-state index contributed by atoms with van der Waals surface area (Å²) in [6, 6.07) is 14.9. The molecule has 0 bridgehead atoms. The summed E-state index contributed by atoms with van der Waals surface area (Å²) in [7, 11) is 0. The molecule has 3 aromatic rings. The van der Waals surface area contributed by atoms with Crippen LogP contribution in [0, 0.1) is 23.0 Å². The normalized spacial score (nSPS) is 10.2. The third kappa shape index (κ3) is 3.34. The minimum absolute atomic E-state index is 0.0598. The molecule has 0 saturated heterocycles. The molecule has 3 rings (SSSR count). The van der Waals surface area contributed by atoms with Crippen LogP contribution in [0.15, 0.2) is 54.6 Å². The Hall–Kier alpha value is -2.97. The summed E-state index contributed by atoms with van der Waals surface area (Å²) in [5, 5.41) is 9.75. The van der Waals surface area contributed by atoms with E-state index in [4.69, 9.17) is 21.6 Å². The van der Waals surface area contributed by atoms with Crippen molar-refractivity contribution in [3.63, 3.8) is 0 Å². The number of ether oxygens (including phenoxy) is 1. The van der Waals surface area contributed by atoms with Crippen LogP contribution in [-0.4, -0.2) is 4.98 Å². The molecule has 0 radical (unpaired) electrons. The molecule has 0 atom stereocenters. The largest absolute Gasteiger partial charge is 0.435 e. The molecular formula is C18H9ClF2N2O. The van der Waals surface area contributed by atoms with Gasteiger partial charge in [0, 0.05) is 16.7 Å².